The first-order valence-corrected chi connectivity index (χ1v) is 8.58. The minimum absolute atomic E-state index is 0.0614. The van der Waals surface area contributed by atoms with Crippen LogP contribution in [0.25, 0.3) is 0 Å². The van der Waals surface area contributed by atoms with Crippen LogP contribution in [0, 0.1) is 17.8 Å². The van der Waals surface area contributed by atoms with Gasteiger partial charge in [-0.2, -0.15) is 0 Å². The molecule has 5 nitrogen and oxygen atoms in total. The van der Waals surface area contributed by atoms with Gasteiger partial charge < -0.3 is 5.11 Å². The van der Waals surface area contributed by atoms with Crippen LogP contribution >= 0.6 is 0 Å². The SMILES string of the molecule is CC(C)=CCC(=O)[C@@]1(O)C(=O)C(C(=O)C(C)C)C(=O)[C@H]1CC=C(C)C. The molecule has 1 unspecified atom stereocenters. The van der Waals surface area contributed by atoms with E-state index in [0.29, 0.717) is 0 Å². The molecule has 0 radical (unpaired) electrons. The zero-order valence-corrected chi connectivity index (χ0v) is 15.9. The van der Waals surface area contributed by atoms with Crippen LogP contribution in [0.1, 0.15) is 54.4 Å². The average molecular weight is 348 g/mol. The first-order valence-electron chi connectivity index (χ1n) is 8.58. The molecule has 1 rings (SSSR count). The van der Waals surface area contributed by atoms with Crippen molar-refractivity contribution in [3.63, 3.8) is 0 Å². The fourth-order valence-corrected chi connectivity index (χ4v) is 2.96. The maximum Gasteiger partial charge on any atom is 0.192 e. The molecule has 138 valence electrons. The fraction of sp³-hybridized carbons (Fsp3) is 0.600. The number of aliphatic hydroxyl groups is 1. The number of carbonyl (C=O) groups is 4. The molecule has 0 heterocycles. The predicted octanol–water partition coefficient (Wildman–Crippen LogP) is 2.61. The van der Waals surface area contributed by atoms with Gasteiger partial charge in [0.1, 0.15) is 5.92 Å². The third-order valence-electron chi connectivity index (χ3n) is 4.51. The molecule has 1 aliphatic rings. The Bertz CT molecular complexity index is 645. The van der Waals surface area contributed by atoms with E-state index < -0.39 is 46.5 Å². The summed E-state index contributed by atoms with van der Waals surface area (Å²) in [6.45, 7) is 10.4. The lowest BCUT2D eigenvalue weighted by molar-refractivity contribution is -0.153. The van der Waals surface area contributed by atoms with Gasteiger partial charge in [-0.05, 0) is 34.1 Å². The van der Waals surface area contributed by atoms with Gasteiger partial charge in [-0.1, -0.05) is 37.1 Å². The molecule has 0 bridgehead atoms. The normalized spacial score (nSPS) is 25.9. The van der Waals surface area contributed by atoms with Crippen molar-refractivity contribution < 1.29 is 24.3 Å². The van der Waals surface area contributed by atoms with E-state index in [9.17, 15) is 24.3 Å². The van der Waals surface area contributed by atoms with Crippen LogP contribution in [0.4, 0.5) is 0 Å². The van der Waals surface area contributed by atoms with Crippen molar-refractivity contribution >= 4 is 23.1 Å². The number of allylic oxidation sites excluding steroid dienone is 4. The minimum atomic E-state index is -2.43. The van der Waals surface area contributed by atoms with Crippen molar-refractivity contribution in [1.29, 1.82) is 0 Å². The molecule has 0 spiro atoms. The van der Waals surface area contributed by atoms with Crippen LogP contribution in [-0.2, 0) is 19.2 Å². The van der Waals surface area contributed by atoms with Crippen LogP contribution in [0.2, 0.25) is 0 Å². The van der Waals surface area contributed by atoms with Crippen LogP contribution in [0.15, 0.2) is 23.3 Å². The molecule has 0 aromatic carbocycles. The summed E-state index contributed by atoms with van der Waals surface area (Å²) in [7, 11) is 0. The Labute approximate surface area is 149 Å². The van der Waals surface area contributed by atoms with Gasteiger partial charge in [0.15, 0.2) is 28.7 Å². The predicted molar refractivity (Wildman–Crippen MR) is 94.9 cm³/mol. The molecular weight excluding hydrogens is 320 g/mol. The second-order valence-corrected chi connectivity index (χ2v) is 7.50. The van der Waals surface area contributed by atoms with Crippen molar-refractivity contribution in [3.8, 4) is 0 Å². The maximum atomic E-state index is 12.8. The summed E-state index contributed by atoms with van der Waals surface area (Å²) in [6, 6.07) is 0. The summed E-state index contributed by atoms with van der Waals surface area (Å²) in [5.41, 5.74) is -0.660. The third kappa shape index (κ3) is 4.21. The zero-order chi connectivity index (χ0) is 19.5. The van der Waals surface area contributed by atoms with E-state index in [4.69, 9.17) is 0 Å². The van der Waals surface area contributed by atoms with E-state index in [1.807, 2.05) is 13.8 Å². The average Bonchev–Trinajstić information content (AvgIpc) is 2.69. The second kappa shape index (κ2) is 8.00. The molecular formula is C20H28O5. The standard InChI is InChI=1S/C20H28O5/c1-11(2)7-9-14-18(23)16(17(22)13(5)6)19(24)20(14,25)15(21)10-8-12(3)4/h7-8,13-14,16,25H,9-10H2,1-6H3/t14-,16?,20-/m1/s1. The first kappa shape index (κ1) is 21.2. The number of hydrogen-bond donors (Lipinski definition) is 1. The molecule has 1 fully saturated rings. The van der Waals surface area contributed by atoms with E-state index in [0.717, 1.165) is 11.1 Å². The van der Waals surface area contributed by atoms with Gasteiger partial charge in [-0.15, -0.1) is 0 Å². The molecule has 0 aromatic rings. The monoisotopic (exact) mass is 348 g/mol. The summed E-state index contributed by atoms with van der Waals surface area (Å²) >= 11 is 0. The van der Waals surface area contributed by atoms with Crippen LogP contribution in [-0.4, -0.2) is 33.8 Å². The van der Waals surface area contributed by atoms with E-state index >= 15 is 0 Å². The quantitative estimate of drug-likeness (QED) is 0.564. The maximum absolute atomic E-state index is 12.8. The smallest absolute Gasteiger partial charge is 0.192 e. The van der Waals surface area contributed by atoms with Gasteiger partial charge in [-0.3, -0.25) is 19.2 Å². The molecule has 1 aliphatic carbocycles. The Morgan fingerprint density at radius 3 is 2.04 bits per heavy atom. The van der Waals surface area contributed by atoms with Crippen LogP contribution in [0.3, 0.4) is 0 Å². The highest BCUT2D eigenvalue weighted by atomic mass is 16.3. The molecule has 5 heteroatoms. The van der Waals surface area contributed by atoms with Crippen LogP contribution < -0.4 is 0 Å². The highest BCUT2D eigenvalue weighted by Crippen LogP contribution is 2.39. The number of carbonyl (C=O) groups excluding carboxylic acids is 4. The molecule has 0 amide bonds. The van der Waals surface area contributed by atoms with Gasteiger partial charge in [0, 0.05) is 12.3 Å². The topological polar surface area (TPSA) is 88.5 Å². The Balaban J connectivity index is 3.37. The van der Waals surface area contributed by atoms with Crippen molar-refractivity contribution in [2.24, 2.45) is 17.8 Å². The van der Waals surface area contributed by atoms with Gasteiger partial charge in [0.25, 0.3) is 0 Å². The zero-order valence-electron chi connectivity index (χ0n) is 15.9. The Morgan fingerprint density at radius 2 is 1.60 bits per heavy atom. The number of rotatable bonds is 7. The Kier molecular flexibility index (Phi) is 6.77. The summed E-state index contributed by atoms with van der Waals surface area (Å²) in [5.74, 6) is -6.15. The summed E-state index contributed by atoms with van der Waals surface area (Å²) in [4.78, 5) is 50.5. The molecule has 25 heavy (non-hydrogen) atoms. The molecule has 0 saturated heterocycles. The molecule has 1 N–H and O–H groups in total. The molecule has 3 atom stereocenters. The van der Waals surface area contributed by atoms with E-state index in [2.05, 4.69) is 0 Å². The van der Waals surface area contributed by atoms with Gasteiger partial charge in [0.2, 0.25) is 0 Å². The lowest BCUT2D eigenvalue weighted by Crippen LogP contribution is -2.49. The highest BCUT2D eigenvalue weighted by Gasteiger charge is 2.64. The number of Topliss-reactive ketones (excluding diaryl/α,β-unsaturated/α-hetero) is 4. The third-order valence-corrected chi connectivity index (χ3v) is 4.51. The first-order chi connectivity index (χ1) is 11.4. The number of ketones is 4. The van der Waals surface area contributed by atoms with Crippen molar-refractivity contribution in [2.75, 3.05) is 0 Å². The van der Waals surface area contributed by atoms with Crippen molar-refractivity contribution in [3.05, 3.63) is 23.3 Å². The van der Waals surface area contributed by atoms with Gasteiger partial charge in [0.05, 0.1) is 5.92 Å². The molecule has 0 aromatic heterocycles. The van der Waals surface area contributed by atoms with Gasteiger partial charge >= 0.3 is 0 Å². The summed E-state index contributed by atoms with van der Waals surface area (Å²) in [6.07, 6.45) is 3.22. The van der Waals surface area contributed by atoms with Crippen LogP contribution in [0.5, 0.6) is 0 Å². The molecule has 1 saturated carbocycles. The van der Waals surface area contributed by atoms with Gasteiger partial charge in [-0.25, -0.2) is 0 Å². The second-order valence-electron chi connectivity index (χ2n) is 7.50. The highest BCUT2D eigenvalue weighted by molar-refractivity contribution is 6.33. The Morgan fingerprint density at radius 1 is 1.08 bits per heavy atom. The van der Waals surface area contributed by atoms with Crippen molar-refractivity contribution in [1.82, 2.24) is 0 Å². The van der Waals surface area contributed by atoms with E-state index in [-0.39, 0.29) is 12.8 Å². The van der Waals surface area contributed by atoms with Crippen molar-refractivity contribution in [2.45, 2.75) is 60.0 Å². The largest absolute Gasteiger partial charge is 0.374 e. The number of hydrogen-bond acceptors (Lipinski definition) is 5. The minimum Gasteiger partial charge on any atom is -0.374 e. The lowest BCUT2D eigenvalue weighted by Gasteiger charge is -2.25. The summed E-state index contributed by atoms with van der Waals surface area (Å²) in [5, 5.41) is 11.0. The summed E-state index contributed by atoms with van der Waals surface area (Å²) < 4.78 is 0. The van der Waals surface area contributed by atoms with E-state index in [1.165, 1.54) is 0 Å². The van der Waals surface area contributed by atoms with E-state index in [1.54, 1.807) is 39.8 Å². The lowest BCUT2D eigenvalue weighted by atomic mass is 9.81. The Hall–Kier alpha value is -1.88. The fourth-order valence-electron chi connectivity index (χ4n) is 2.96. The molecule has 0 aliphatic heterocycles.